The zero-order valence-corrected chi connectivity index (χ0v) is 13.9. The molecule has 0 aliphatic rings. The fourth-order valence-corrected chi connectivity index (χ4v) is 2.74. The van der Waals surface area contributed by atoms with Crippen molar-refractivity contribution in [1.82, 2.24) is 5.32 Å². The number of urea groups is 1. The monoisotopic (exact) mass is 374 g/mol. The van der Waals surface area contributed by atoms with Crippen molar-refractivity contribution in [3.05, 3.63) is 26.9 Å². The lowest BCUT2D eigenvalue weighted by molar-refractivity contribution is -0.153. The highest BCUT2D eigenvalue weighted by molar-refractivity contribution is 9.11. The van der Waals surface area contributed by atoms with Gasteiger partial charge in [0.1, 0.15) is 0 Å². The lowest BCUT2D eigenvalue weighted by Crippen LogP contribution is -2.45. The van der Waals surface area contributed by atoms with E-state index >= 15 is 0 Å². The van der Waals surface area contributed by atoms with Crippen molar-refractivity contribution in [3.8, 4) is 0 Å². The van der Waals surface area contributed by atoms with Crippen LogP contribution in [0, 0.1) is 5.92 Å². The Morgan fingerprint density at radius 3 is 2.52 bits per heavy atom. The first kappa shape index (κ1) is 17.4. The molecule has 0 aliphatic carbocycles. The number of nitrogens with one attached hydrogen (secondary N) is 1. The maximum Gasteiger partial charge on any atom is 0.331 e. The van der Waals surface area contributed by atoms with Crippen LogP contribution in [0.25, 0.3) is 6.08 Å². The highest BCUT2D eigenvalue weighted by Gasteiger charge is 2.26. The van der Waals surface area contributed by atoms with Crippen LogP contribution in [0.4, 0.5) is 4.79 Å². The molecular weight excluding hydrogens is 360 g/mol. The molecule has 21 heavy (non-hydrogen) atoms. The van der Waals surface area contributed by atoms with E-state index in [0.29, 0.717) is 0 Å². The minimum Gasteiger partial charge on any atom is -0.449 e. The maximum absolute atomic E-state index is 11.7. The molecule has 114 valence electrons. The second kappa shape index (κ2) is 7.94. The van der Waals surface area contributed by atoms with Crippen molar-refractivity contribution in [2.45, 2.75) is 20.0 Å². The first-order valence-corrected chi connectivity index (χ1v) is 7.65. The van der Waals surface area contributed by atoms with Crippen molar-refractivity contribution in [2.24, 2.45) is 11.7 Å². The zero-order chi connectivity index (χ0) is 16.0. The summed E-state index contributed by atoms with van der Waals surface area (Å²) in [5.74, 6) is -1.70. The molecule has 0 saturated carbocycles. The highest BCUT2D eigenvalue weighted by Crippen LogP contribution is 2.23. The third-order valence-corrected chi connectivity index (χ3v) is 3.92. The van der Waals surface area contributed by atoms with Gasteiger partial charge in [-0.05, 0) is 40.1 Å². The minimum absolute atomic E-state index is 0.294. The average Bonchev–Trinajstić information content (AvgIpc) is 2.78. The van der Waals surface area contributed by atoms with Crippen LogP contribution in [0.15, 0.2) is 22.0 Å². The number of imide groups is 1. The average molecular weight is 375 g/mol. The van der Waals surface area contributed by atoms with Crippen molar-refractivity contribution < 1.29 is 19.1 Å². The van der Waals surface area contributed by atoms with E-state index in [1.54, 1.807) is 19.9 Å². The summed E-state index contributed by atoms with van der Waals surface area (Å²) in [6.45, 7) is 3.39. The highest BCUT2D eigenvalue weighted by atomic mass is 79.9. The predicted molar refractivity (Wildman–Crippen MR) is 83.5 cm³/mol. The molecule has 0 bridgehead atoms. The van der Waals surface area contributed by atoms with Crippen LogP contribution in [-0.2, 0) is 14.3 Å². The molecule has 6 nitrogen and oxygen atoms in total. The molecule has 1 atom stereocenters. The Labute approximate surface area is 134 Å². The number of halogens is 1. The van der Waals surface area contributed by atoms with Gasteiger partial charge < -0.3 is 10.5 Å². The summed E-state index contributed by atoms with van der Waals surface area (Å²) in [4.78, 5) is 34.9. The number of esters is 1. The Bertz CT molecular complexity index is 568. The smallest absolute Gasteiger partial charge is 0.331 e. The number of nitrogens with two attached hydrogens (primary N) is 1. The standard InChI is InChI=1S/C13H15BrN2O4S/c1-7(2)11(12(18)16-13(15)19)20-10(17)6-4-8-3-5-9(14)21-8/h3-7,11H,1-2H3,(H3,15,16,18,19)/b6-4+/t11-/m1/s1. The SMILES string of the molecule is CC(C)[C@@H](OC(=O)/C=C/c1ccc(Br)s1)C(=O)NC(N)=O. The van der Waals surface area contributed by atoms with Crippen molar-refractivity contribution >= 4 is 51.3 Å². The molecule has 1 aromatic rings. The number of carbonyl (C=O) groups excluding carboxylic acids is 3. The summed E-state index contributed by atoms with van der Waals surface area (Å²) in [6.07, 6.45) is 1.73. The first-order valence-electron chi connectivity index (χ1n) is 6.04. The number of carbonyl (C=O) groups is 3. The van der Waals surface area contributed by atoms with Gasteiger partial charge in [-0.25, -0.2) is 9.59 Å². The van der Waals surface area contributed by atoms with Gasteiger partial charge in [0.15, 0.2) is 6.10 Å². The van der Waals surface area contributed by atoms with Crippen molar-refractivity contribution in [2.75, 3.05) is 0 Å². The lowest BCUT2D eigenvalue weighted by atomic mass is 10.1. The van der Waals surface area contributed by atoms with E-state index in [2.05, 4.69) is 15.9 Å². The largest absolute Gasteiger partial charge is 0.449 e. The second-order valence-corrected chi connectivity index (χ2v) is 6.92. The first-order chi connectivity index (χ1) is 9.79. The van der Waals surface area contributed by atoms with Crippen LogP contribution in [0.2, 0.25) is 0 Å². The normalized spacial score (nSPS) is 12.4. The van der Waals surface area contributed by atoms with Crippen molar-refractivity contribution in [3.63, 3.8) is 0 Å². The molecule has 1 rings (SSSR count). The van der Waals surface area contributed by atoms with E-state index in [1.807, 2.05) is 17.4 Å². The van der Waals surface area contributed by atoms with Gasteiger partial charge in [-0.1, -0.05) is 13.8 Å². The molecule has 3 N–H and O–H groups in total. The van der Waals surface area contributed by atoms with Gasteiger partial charge in [-0.2, -0.15) is 0 Å². The molecule has 0 saturated heterocycles. The van der Waals surface area contributed by atoms with Crippen LogP contribution >= 0.6 is 27.3 Å². The van der Waals surface area contributed by atoms with Crippen LogP contribution < -0.4 is 11.1 Å². The molecular formula is C13H15BrN2O4S. The number of amides is 3. The Balaban J connectivity index is 2.66. The van der Waals surface area contributed by atoms with E-state index < -0.39 is 24.0 Å². The van der Waals surface area contributed by atoms with E-state index in [1.165, 1.54) is 17.4 Å². The molecule has 0 unspecified atom stereocenters. The van der Waals surface area contributed by atoms with E-state index in [4.69, 9.17) is 10.5 Å². The van der Waals surface area contributed by atoms with E-state index in [0.717, 1.165) is 8.66 Å². The number of ether oxygens (including phenoxy) is 1. The Hall–Kier alpha value is -1.67. The molecule has 0 spiro atoms. The van der Waals surface area contributed by atoms with Gasteiger partial charge in [0.25, 0.3) is 5.91 Å². The van der Waals surface area contributed by atoms with E-state index in [-0.39, 0.29) is 5.92 Å². The van der Waals surface area contributed by atoms with Crippen molar-refractivity contribution in [1.29, 1.82) is 0 Å². The summed E-state index contributed by atoms with van der Waals surface area (Å²) >= 11 is 4.76. The van der Waals surface area contributed by atoms with Crippen LogP contribution in [0.3, 0.4) is 0 Å². The zero-order valence-electron chi connectivity index (χ0n) is 11.5. The van der Waals surface area contributed by atoms with Gasteiger partial charge in [0.05, 0.1) is 3.79 Å². The van der Waals surface area contributed by atoms with Gasteiger partial charge in [0.2, 0.25) is 0 Å². The lowest BCUT2D eigenvalue weighted by Gasteiger charge is -2.18. The Morgan fingerprint density at radius 1 is 1.38 bits per heavy atom. The number of rotatable bonds is 5. The minimum atomic E-state index is -1.08. The summed E-state index contributed by atoms with van der Waals surface area (Å²) in [5, 5.41) is 1.90. The second-order valence-electron chi connectivity index (χ2n) is 4.43. The van der Waals surface area contributed by atoms with Gasteiger partial charge in [-0.15, -0.1) is 11.3 Å². The number of hydrogen-bond acceptors (Lipinski definition) is 5. The quantitative estimate of drug-likeness (QED) is 0.609. The molecule has 0 radical (unpaired) electrons. The third-order valence-electron chi connectivity index (χ3n) is 2.33. The molecule has 3 amide bonds. The summed E-state index contributed by atoms with van der Waals surface area (Å²) in [5.41, 5.74) is 4.87. The van der Waals surface area contributed by atoms with Crippen LogP contribution in [0.1, 0.15) is 18.7 Å². The summed E-state index contributed by atoms with van der Waals surface area (Å²) in [7, 11) is 0. The number of primary amides is 1. The number of hydrogen-bond donors (Lipinski definition) is 2. The predicted octanol–water partition coefficient (Wildman–Crippen LogP) is 2.29. The maximum atomic E-state index is 11.7. The fraction of sp³-hybridized carbons (Fsp3) is 0.308. The van der Waals surface area contributed by atoms with Gasteiger partial charge in [-0.3, -0.25) is 10.1 Å². The molecule has 0 aromatic carbocycles. The molecule has 8 heteroatoms. The molecule has 1 aromatic heterocycles. The molecule has 0 fully saturated rings. The van der Waals surface area contributed by atoms with Crippen LogP contribution in [-0.4, -0.2) is 24.0 Å². The Kier molecular flexibility index (Phi) is 6.57. The van der Waals surface area contributed by atoms with Gasteiger partial charge >= 0.3 is 12.0 Å². The summed E-state index contributed by atoms with van der Waals surface area (Å²) < 4.78 is 5.99. The van der Waals surface area contributed by atoms with Crippen LogP contribution in [0.5, 0.6) is 0 Å². The third kappa shape index (κ3) is 6.09. The molecule has 1 heterocycles. The fourth-order valence-electron chi connectivity index (χ4n) is 1.42. The number of thiophene rings is 1. The van der Waals surface area contributed by atoms with E-state index in [9.17, 15) is 14.4 Å². The Morgan fingerprint density at radius 2 is 2.05 bits per heavy atom. The topological polar surface area (TPSA) is 98.5 Å². The molecule has 0 aliphatic heterocycles. The summed E-state index contributed by atoms with van der Waals surface area (Å²) in [6, 6.07) is 2.70. The van der Waals surface area contributed by atoms with Gasteiger partial charge in [0, 0.05) is 11.0 Å².